The minimum atomic E-state index is -0.535. The van der Waals surface area contributed by atoms with Gasteiger partial charge in [-0.05, 0) is 37.1 Å². The molecule has 1 amide bonds. The topological polar surface area (TPSA) is 55.1 Å². The Kier molecular flexibility index (Phi) is 4.89. The van der Waals surface area contributed by atoms with E-state index in [2.05, 4.69) is 21.2 Å². The molecule has 0 aromatic heterocycles. The summed E-state index contributed by atoms with van der Waals surface area (Å²) in [6.07, 6.45) is 0.448. The van der Waals surface area contributed by atoms with Gasteiger partial charge in [-0.25, -0.2) is 4.39 Å². The molecular weight excluding hydrogens is 275 g/mol. The predicted octanol–water partition coefficient (Wildman–Crippen LogP) is 1.59. The Morgan fingerprint density at radius 2 is 2.31 bits per heavy atom. The van der Waals surface area contributed by atoms with Crippen LogP contribution in [-0.2, 0) is 11.2 Å². The second-order valence-corrected chi connectivity index (χ2v) is 4.48. The average molecular weight is 289 g/mol. The van der Waals surface area contributed by atoms with Crippen molar-refractivity contribution in [2.75, 3.05) is 6.54 Å². The summed E-state index contributed by atoms with van der Waals surface area (Å²) in [5, 5.41) is 2.63. The highest BCUT2D eigenvalue weighted by Gasteiger charge is 2.07. The van der Waals surface area contributed by atoms with Crippen molar-refractivity contribution >= 4 is 21.8 Å². The lowest BCUT2D eigenvalue weighted by Gasteiger charge is -2.08. The SMILES string of the molecule is CC(N)C(=O)NCCc1cc(Br)ccc1F. The van der Waals surface area contributed by atoms with Crippen LogP contribution in [0.1, 0.15) is 12.5 Å². The molecule has 5 heteroatoms. The quantitative estimate of drug-likeness (QED) is 0.884. The Morgan fingerprint density at radius 3 is 2.94 bits per heavy atom. The van der Waals surface area contributed by atoms with Crippen LogP contribution in [0.15, 0.2) is 22.7 Å². The number of carbonyl (C=O) groups excluding carboxylic acids is 1. The first-order valence-corrected chi connectivity index (χ1v) is 5.77. The van der Waals surface area contributed by atoms with Crippen LogP contribution in [-0.4, -0.2) is 18.5 Å². The highest BCUT2D eigenvalue weighted by molar-refractivity contribution is 9.10. The fraction of sp³-hybridized carbons (Fsp3) is 0.364. The predicted molar refractivity (Wildman–Crippen MR) is 64.5 cm³/mol. The summed E-state index contributed by atoms with van der Waals surface area (Å²) in [5.74, 6) is -0.492. The van der Waals surface area contributed by atoms with Gasteiger partial charge in [-0.2, -0.15) is 0 Å². The fourth-order valence-electron chi connectivity index (χ4n) is 1.22. The normalized spacial score (nSPS) is 12.2. The molecule has 3 N–H and O–H groups in total. The summed E-state index contributed by atoms with van der Waals surface area (Å²) >= 11 is 3.27. The monoisotopic (exact) mass is 288 g/mol. The molecule has 0 aliphatic carbocycles. The van der Waals surface area contributed by atoms with Crippen LogP contribution in [0.3, 0.4) is 0 Å². The van der Waals surface area contributed by atoms with Gasteiger partial charge in [-0.3, -0.25) is 4.79 Å². The molecule has 1 rings (SSSR count). The number of hydrogen-bond acceptors (Lipinski definition) is 2. The lowest BCUT2D eigenvalue weighted by atomic mass is 10.1. The number of nitrogens with one attached hydrogen (secondary N) is 1. The largest absolute Gasteiger partial charge is 0.354 e. The Bertz CT molecular complexity index is 382. The number of halogens is 2. The number of amides is 1. The van der Waals surface area contributed by atoms with E-state index in [9.17, 15) is 9.18 Å². The summed E-state index contributed by atoms with van der Waals surface area (Å²) in [6, 6.07) is 4.20. The maximum atomic E-state index is 13.3. The van der Waals surface area contributed by atoms with Gasteiger partial charge < -0.3 is 11.1 Å². The molecule has 1 aromatic carbocycles. The molecule has 0 aliphatic heterocycles. The van der Waals surface area contributed by atoms with Crippen LogP contribution in [0.5, 0.6) is 0 Å². The highest BCUT2D eigenvalue weighted by atomic mass is 79.9. The summed E-state index contributed by atoms with van der Waals surface area (Å²) in [4.78, 5) is 11.1. The van der Waals surface area contributed by atoms with Crippen molar-refractivity contribution in [1.82, 2.24) is 5.32 Å². The summed E-state index contributed by atoms with van der Waals surface area (Å²) < 4.78 is 14.1. The molecule has 1 aromatic rings. The molecule has 1 unspecified atom stereocenters. The Hall–Kier alpha value is -0.940. The zero-order chi connectivity index (χ0) is 12.1. The second-order valence-electron chi connectivity index (χ2n) is 3.57. The molecular formula is C11H14BrFN2O. The van der Waals surface area contributed by atoms with Gasteiger partial charge in [0.15, 0.2) is 0 Å². The van der Waals surface area contributed by atoms with E-state index >= 15 is 0 Å². The van der Waals surface area contributed by atoms with E-state index in [1.165, 1.54) is 6.07 Å². The Morgan fingerprint density at radius 1 is 1.62 bits per heavy atom. The van der Waals surface area contributed by atoms with Crippen molar-refractivity contribution in [3.63, 3.8) is 0 Å². The maximum absolute atomic E-state index is 13.3. The van der Waals surface area contributed by atoms with Gasteiger partial charge in [0.1, 0.15) is 5.82 Å². The molecule has 0 fully saturated rings. The van der Waals surface area contributed by atoms with Crippen LogP contribution < -0.4 is 11.1 Å². The fourth-order valence-corrected chi connectivity index (χ4v) is 1.62. The number of benzene rings is 1. The zero-order valence-electron chi connectivity index (χ0n) is 8.97. The van der Waals surface area contributed by atoms with E-state index in [4.69, 9.17) is 5.73 Å². The van der Waals surface area contributed by atoms with Crippen molar-refractivity contribution in [3.8, 4) is 0 Å². The van der Waals surface area contributed by atoms with Gasteiger partial charge in [0.2, 0.25) is 5.91 Å². The molecule has 88 valence electrons. The smallest absolute Gasteiger partial charge is 0.236 e. The molecule has 0 saturated carbocycles. The second kappa shape index (κ2) is 5.96. The van der Waals surface area contributed by atoms with E-state index in [-0.39, 0.29) is 11.7 Å². The number of hydrogen-bond donors (Lipinski definition) is 2. The van der Waals surface area contributed by atoms with Crippen LogP contribution >= 0.6 is 15.9 Å². The Balaban J connectivity index is 2.49. The van der Waals surface area contributed by atoms with E-state index in [0.717, 1.165) is 4.47 Å². The third-order valence-electron chi connectivity index (χ3n) is 2.11. The zero-order valence-corrected chi connectivity index (χ0v) is 10.6. The van der Waals surface area contributed by atoms with Crippen molar-refractivity contribution in [2.24, 2.45) is 5.73 Å². The number of nitrogens with two attached hydrogens (primary N) is 1. The first kappa shape index (κ1) is 13.1. The summed E-state index contributed by atoms with van der Waals surface area (Å²) in [6.45, 7) is 1.99. The molecule has 0 heterocycles. The van der Waals surface area contributed by atoms with Gasteiger partial charge in [0.25, 0.3) is 0 Å². The molecule has 1 atom stereocenters. The number of rotatable bonds is 4. The lowest BCUT2D eigenvalue weighted by Crippen LogP contribution is -2.39. The highest BCUT2D eigenvalue weighted by Crippen LogP contribution is 2.15. The molecule has 0 aliphatic rings. The lowest BCUT2D eigenvalue weighted by molar-refractivity contribution is -0.121. The minimum Gasteiger partial charge on any atom is -0.354 e. The van der Waals surface area contributed by atoms with Crippen molar-refractivity contribution in [2.45, 2.75) is 19.4 Å². The van der Waals surface area contributed by atoms with Crippen LogP contribution in [0.4, 0.5) is 4.39 Å². The van der Waals surface area contributed by atoms with Crippen LogP contribution in [0, 0.1) is 5.82 Å². The van der Waals surface area contributed by atoms with E-state index in [1.807, 2.05) is 0 Å². The Labute approximate surface area is 102 Å². The maximum Gasteiger partial charge on any atom is 0.236 e. The summed E-state index contributed by atoms with van der Waals surface area (Å²) in [7, 11) is 0. The van der Waals surface area contributed by atoms with E-state index < -0.39 is 6.04 Å². The van der Waals surface area contributed by atoms with Gasteiger partial charge >= 0.3 is 0 Å². The minimum absolute atomic E-state index is 0.226. The van der Waals surface area contributed by atoms with Gasteiger partial charge in [0, 0.05) is 11.0 Å². The van der Waals surface area contributed by atoms with E-state index in [1.54, 1.807) is 19.1 Å². The molecule has 0 spiro atoms. The molecule has 0 bridgehead atoms. The van der Waals surface area contributed by atoms with E-state index in [0.29, 0.717) is 18.5 Å². The van der Waals surface area contributed by atoms with Crippen molar-refractivity contribution in [1.29, 1.82) is 0 Å². The molecule has 0 radical (unpaired) electrons. The molecule has 16 heavy (non-hydrogen) atoms. The molecule has 3 nitrogen and oxygen atoms in total. The first-order valence-electron chi connectivity index (χ1n) is 4.98. The van der Waals surface area contributed by atoms with Crippen LogP contribution in [0.25, 0.3) is 0 Å². The molecule has 0 saturated heterocycles. The first-order chi connectivity index (χ1) is 7.50. The number of carbonyl (C=O) groups is 1. The summed E-state index contributed by atoms with van der Waals surface area (Å²) in [5.41, 5.74) is 5.94. The van der Waals surface area contributed by atoms with Gasteiger partial charge in [0.05, 0.1) is 6.04 Å². The third-order valence-corrected chi connectivity index (χ3v) is 2.61. The standard InChI is InChI=1S/C11H14BrFN2O/c1-7(14)11(16)15-5-4-8-6-9(12)2-3-10(8)13/h2-3,6-7H,4-5,14H2,1H3,(H,15,16). The van der Waals surface area contributed by atoms with Crippen LogP contribution in [0.2, 0.25) is 0 Å². The average Bonchev–Trinajstić information content (AvgIpc) is 2.22. The van der Waals surface area contributed by atoms with Crippen molar-refractivity contribution in [3.05, 3.63) is 34.1 Å². The van der Waals surface area contributed by atoms with Gasteiger partial charge in [-0.1, -0.05) is 15.9 Å². The third kappa shape index (κ3) is 3.90. The van der Waals surface area contributed by atoms with Crippen molar-refractivity contribution < 1.29 is 9.18 Å². The van der Waals surface area contributed by atoms with Gasteiger partial charge in [-0.15, -0.1) is 0 Å².